The summed E-state index contributed by atoms with van der Waals surface area (Å²) in [5.74, 6) is -0.186. The second-order valence-corrected chi connectivity index (χ2v) is 8.80. The van der Waals surface area contributed by atoms with Crippen molar-refractivity contribution in [3.63, 3.8) is 0 Å². The predicted molar refractivity (Wildman–Crippen MR) is 134 cm³/mol. The number of anilines is 2. The minimum absolute atomic E-state index is 0.0152. The molecule has 0 radical (unpaired) electrons. The molecule has 1 amide bonds. The van der Waals surface area contributed by atoms with Crippen molar-refractivity contribution in [2.45, 2.75) is 38.9 Å². The van der Waals surface area contributed by atoms with Crippen LogP contribution in [0.3, 0.4) is 0 Å². The fraction of sp³-hybridized carbons (Fsp3) is 0.320. The van der Waals surface area contributed by atoms with E-state index in [1.165, 1.54) is 7.11 Å². The minimum Gasteiger partial charge on any atom is -0.375 e. The lowest BCUT2D eigenvalue weighted by molar-refractivity contribution is -0.119. The number of nitrogens with one attached hydrogen (secondary N) is 2. The minimum atomic E-state index is -0.186. The monoisotopic (exact) mass is 463 g/mol. The molecular weight excluding hydrogens is 434 g/mol. The Balaban J connectivity index is 1.76. The second kappa shape index (κ2) is 9.72. The molecule has 2 aromatic heterocycles. The summed E-state index contributed by atoms with van der Waals surface area (Å²) in [4.78, 5) is 18.8. The number of amides is 1. The zero-order valence-electron chi connectivity index (χ0n) is 19.3. The van der Waals surface area contributed by atoms with Gasteiger partial charge in [0.25, 0.3) is 0 Å². The van der Waals surface area contributed by atoms with Crippen molar-refractivity contribution >= 4 is 34.6 Å². The maximum atomic E-state index is 12.0. The largest absolute Gasteiger partial charge is 0.375 e. The molecule has 3 heterocycles. The van der Waals surface area contributed by atoms with Crippen molar-refractivity contribution in [2.24, 2.45) is 0 Å². The molecule has 0 aliphatic carbocycles. The fourth-order valence-electron chi connectivity index (χ4n) is 4.32. The van der Waals surface area contributed by atoms with Gasteiger partial charge < -0.3 is 24.8 Å². The Bertz CT molecular complexity index is 1140. The number of ether oxygens (including phenoxy) is 1. The van der Waals surface area contributed by atoms with Gasteiger partial charge in [-0.25, -0.2) is 0 Å². The summed E-state index contributed by atoms with van der Waals surface area (Å²) in [6, 6.07) is 16.2. The van der Waals surface area contributed by atoms with Crippen LogP contribution in [0.25, 0.3) is 0 Å². The molecule has 0 unspecified atom stereocenters. The number of pyridine rings is 1. The highest BCUT2D eigenvalue weighted by molar-refractivity contribution is 7.80. The van der Waals surface area contributed by atoms with E-state index in [0.717, 1.165) is 28.3 Å². The molecule has 8 heteroatoms. The van der Waals surface area contributed by atoms with Crippen LogP contribution in [-0.4, -0.2) is 34.3 Å². The number of aryl methyl sites for hydroxylation is 1. The van der Waals surface area contributed by atoms with Gasteiger partial charge in [-0.05, 0) is 81.0 Å². The van der Waals surface area contributed by atoms with Gasteiger partial charge in [0.2, 0.25) is 5.91 Å². The third kappa shape index (κ3) is 4.62. The van der Waals surface area contributed by atoms with E-state index in [2.05, 4.69) is 57.3 Å². The Morgan fingerprint density at radius 1 is 1.24 bits per heavy atom. The lowest BCUT2D eigenvalue weighted by atomic mass is 10.00. The van der Waals surface area contributed by atoms with Crippen molar-refractivity contribution in [1.82, 2.24) is 14.9 Å². The highest BCUT2D eigenvalue weighted by atomic mass is 32.1. The van der Waals surface area contributed by atoms with Gasteiger partial charge in [-0.1, -0.05) is 6.07 Å². The third-order valence-corrected chi connectivity index (χ3v) is 6.12. The molecule has 3 aromatic rings. The zero-order valence-corrected chi connectivity index (χ0v) is 20.1. The maximum Gasteiger partial charge on any atom is 0.250 e. The number of carbonyl (C=O) groups excluding carboxylic acids is 1. The van der Waals surface area contributed by atoms with E-state index in [1.807, 2.05) is 49.5 Å². The number of benzene rings is 1. The molecular formula is C25H29N5O2S. The standard InChI is InChI=1S/C25H29N5O2S/c1-16(2)29-13-7-9-21(29)24-23(20-8-5-6-12-26-20)28-25(33)30(24)18-10-11-19(17(3)14-18)27-22(31)15-32-4/h5-14,16,23-24H,15H2,1-4H3,(H,27,31)(H,28,33)/t23-,24+/m1/s1. The van der Waals surface area contributed by atoms with Crippen molar-refractivity contribution in [2.75, 3.05) is 23.9 Å². The van der Waals surface area contributed by atoms with Crippen molar-refractivity contribution < 1.29 is 9.53 Å². The average Bonchev–Trinajstić information content (AvgIpc) is 3.40. The average molecular weight is 464 g/mol. The molecule has 1 aliphatic heterocycles. The van der Waals surface area contributed by atoms with Crippen LogP contribution < -0.4 is 15.5 Å². The second-order valence-electron chi connectivity index (χ2n) is 8.41. The Morgan fingerprint density at radius 2 is 2.06 bits per heavy atom. The molecule has 2 N–H and O–H groups in total. The van der Waals surface area contributed by atoms with Gasteiger partial charge >= 0.3 is 0 Å². The van der Waals surface area contributed by atoms with Crippen LogP contribution in [0.1, 0.15) is 48.9 Å². The van der Waals surface area contributed by atoms with Gasteiger partial charge in [0, 0.05) is 42.6 Å². The van der Waals surface area contributed by atoms with Crippen LogP contribution in [0, 0.1) is 6.92 Å². The molecule has 1 aromatic carbocycles. The number of methoxy groups -OCH3 is 1. The number of carbonyl (C=O) groups is 1. The van der Waals surface area contributed by atoms with Gasteiger partial charge in [-0.3, -0.25) is 9.78 Å². The summed E-state index contributed by atoms with van der Waals surface area (Å²) in [5.41, 5.74) is 4.74. The molecule has 4 rings (SSSR count). The van der Waals surface area contributed by atoms with E-state index in [4.69, 9.17) is 17.0 Å². The van der Waals surface area contributed by atoms with Gasteiger partial charge in [0.1, 0.15) is 12.6 Å². The number of hydrogen-bond acceptors (Lipinski definition) is 4. The summed E-state index contributed by atoms with van der Waals surface area (Å²) in [7, 11) is 1.50. The van der Waals surface area contributed by atoms with Crippen molar-refractivity contribution in [3.05, 3.63) is 77.9 Å². The quantitative estimate of drug-likeness (QED) is 0.502. The lowest BCUT2D eigenvalue weighted by Gasteiger charge is -2.30. The molecule has 0 bridgehead atoms. The Hall–Kier alpha value is -3.23. The molecule has 7 nitrogen and oxygen atoms in total. The van der Waals surface area contributed by atoms with Gasteiger partial charge in [-0.2, -0.15) is 0 Å². The topological polar surface area (TPSA) is 71.4 Å². The molecule has 172 valence electrons. The molecule has 1 fully saturated rings. The summed E-state index contributed by atoms with van der Waals surface area (Å²) < 4.78 is 7.19. The number of nitrogens with zero attached hydrogens (tertiary/aromatic N) is 3. The van der Waals surface area contributed by atoms with E-state index in [0.29, 0.717) is 11.2 Å². The Labute approximate surface area is 199 Å². The molecule has 1 aliphatic rings. The first-order chi connectivity index (χ1) is 15.9. The van der Waals surface area contributed by atoms with Crippen LogP contribution in [0.15, 0.2) is 60.9 Å². The van der Waals surface area contributed by atoms with Crippen LogP contribution in [0.5, 0.6) is 0 Å². The maximum absolute atomic E-state index is 12.0. The summed E-state index contributed by atoms with van der Waals surface area (Å²) in [5, 5.41) is 7.04. The van der Waals surface area contributed by atoms with E-state index in [-0.39, 0.29) is 24.6 Å². The highest BCUT2D eigenvalue weighted by Crippen LogP contribution is 2.42. The lowest BCUT2D eigenvalue weighted by Crippen LogP contribution is -2.30. The predicted octanol–water partition coefficient (Wildman–Crippen LogP) is 4.53. The van der Waals surface area contributed by atoms with Crippen LogP contribution in [-0.2, 0) is 9.53 Å². The van der Waals surface area contributed by atoms with Crippen LogP contribution in [0.2, 0.25) is 0 Å². The normalized spacial score (nSPS) is 18.0. The summed E-state index contributed by atoms with van der Waals surface area (Å²) in [6.07, 6.45) is 3.91. The van der Waals surface area contributed by atoms with Crippen molar-refractivity contribution in [3.8, 4) is 0 Å². The van der Waals surface area contributed by atoms with Crippen LogP contribution >= 0.6 is 12.2 Å². The number of rotatable bonds is 7. The van der Waals surface area contributed by atoms with E-state index < -0.39 is 0 Å². The van der Waals surface area contributed by atoms with Crippen LogP contribution in [0.4, 0.5) is 11.4 Å². The molecule has 2 atom stereocenters. The molecule has 1 saturated heterocycles. The zero-order chi connectivity index (χ0) is 23.5. The highest BCUT2D eigenvalue weighted by Gasteiger charge is 2.42. The molecule has 0 spiro atoms. The van der Waals surface area contributed by atoms with Gasteiger partial charge in [0.15, 0.2) is 5.11 Å². The SMILES string of the molecule is COCC(=O)Nc1ccc(N2C(=S)N[C@H](c3ccccn3)[C@@H]2c2cccn2C(C)C)cc1C. The Morgan fingerprint density at radius 3 is 2.73 bits per heavy atom. The first-order valence-electron chi connectivity index (χ1n) is 11.0. The molecule has 0 saturated carbocycles. The number of aromatic nitrogens is 2. The smallest absolute Gasteiger partial charge is 0.250 e. The summed E-state index contributed by atoms with van der Waals surface area (Å²) in [6.45, 7) is 6.33. The van der Waals surface area contributed by atoms with Gasteiger partial charge in [0.05, 0.1) is 11.7 Å². The van der Waals surface area contributed by atoms with E-state index in [1.54, 1.807) is 0 Å². The molecule has 33 heavy (non-hydrogen) atoms. The van der Waals surface area contributed by atoms with E-state index >= 15 is 0 Å². The number of hydrogen-bond donors (Lipinski definition) is 2. The van der Waals surface area contributed by atoms with E-state index in [9.17, 15) is 4.79 Å². The summed E-state index contributed by atoms with van der Waals surface area (Å²) >= 11 is 5.83. The first-order valence-corrected chi connectivity index (χ1v) is 11.4. The van der Waals surface area contributed by atoms with Crippen molar-refractivity contribution in [1.29, 1.82) is 0 Å². The first kappa shape index (κ1) is 22.9. The Kier molecular flexibility index (Phi) is 6.76. The van der Waals surface area contributed by atoms with Gasteiger partial charge in [-0.15, -0.1) is 0 Å². The third-order valence-electron chi connectivity index (χ3n) is 5.81. The number of thiocarbonyl (C=S) groups is 1. The fourth-order valence-corrected chi connectivity index (χ4v) is 4.66.